The number of aromatic nitrogens is 1. The van der Waals surface area contributed by atoms with E-state index in [1.807, 2.05) is 67.6 Å². The van der Waals surface area contributed by atoms with Crippen LogP contribution in [0.5, 0.6) is 17.2 Å². The van der Waals surface area contributed by atoms with Crippen molar-refractivity contribution in [3.63, 3.8) is 0 Å². The fraction of sp³-hybridized carbons (Fsp3) is 0.130. The molecule has 1 heterocycles. The van der Waals surface area contributed by atoms with Crippen molar-refractivity contribution in [3.8, 4) is 17.2 Å². The molecule has 146 valence electrons. The molecule has 0 saturated carbocycles. The molecule has 1 aromatic heterocycles. The van der Waals surface area contributed by atoms with Gasteiger partial charge in [-0.2, -0.15) is 0 Å². The molecule has 0 radical (unpaired) electrons. The Morgan fingerprint density at radius 1 is 0.966 bits per heavy atom. The summed E-state index contributed by atoms with van der Waals surface area (Å²) in [5.41, 5.74) is 1.84. The molecule has 4 rings (SSSR count). The summed E-state index contributed by atoms with van der Waals surface area (Å²) in [4.78, 5) is 12.6. The van der Waals surface area contributed by atoms with Crippen molar-refractivity contribution < 1.29 is 18.8 Å². The second-order valence-electron chi connectivity index (χ2n) is 6.35. The van der Waals surface area contributed by atoms with Gasteiger partial charge in [0.2, 0.25) is 5.91 Å². The van der Waals surface area contributed by atoms with E-state index in [4.69, 9.17) is 14.0 Å². The molecule has 3 aromatic carbocycles. The third-order valence-electron chi connectivity index (χ3n) is 4.30. The minimum atomic E-state index is -0.202. The Bertz CT molecular complexity index is 1120. The van der Waals surface area contributed by atoms with Gasteiger partial charge in [-0.25, -0.2) is 0 Å². The zero-order valence-corrected chi connectivity index (χ0v) is 15.9. The number of nitrogens with zero attached hydrogens (tertiary/aromatic N) is 1. The van der Waals surface area contributed by atoms with Crippen molar-refractivity contribution in [2.45, 2.75) is 13.3 Å². The van der Waals surface area contributed by atoms with Gasteiger partial charge in [-0.1, -0.05) is 29.4 Å². The van der Waals surface area contributed by atoms with E-state index < -0.39 is 0 Å². The first kappa shape index (κ1) is 18.6. The van der Waals surface area contributed by atoms with E-state index in [2.05, 4.69) is 10.5 Å². The molecule has 0 aliphatic heterocycles. The Balaban J connectivity index is 1.47. The second kappa shape index (κ2) is 8.48. The van der Waals surface area contributed by atoms with Crippen LogP contribution >= 0.6 is 0 Å². The van der Waals surface area contributed by atoms with E-state index in [1.54, 1.807) is 12.1 Å². The predicted molar refractivity (Wildman–Crippen MR) is 110 cm³/mol. The van der Waals surface area contributed by atoms with E-state index in [0.717, 1.165) is 11.1 Å². The Hall–Kier alpha value is -3.80. The van der Waals surface area contributed by atoms with Crippen molar-refractivity contribution in [2.75, 3.05) is 11.9 Å². The molecule has 0 fully saturated rings. The zero-order chi connectivity index (χ0) is 20.1. The average Bonchev–Trinajstić information content (AvgIpc) is 3.14. The van der Waals surface area contributed by atoms with Gasteiger partial charge >= 0.3 is 0 Å². The number of rotatable bonds is 7. The average molecular weight is 388 g/mol. The Kier molecular flexibility index (Phi) is 5.42. The number of hydrogen-bond acceptors (Lipinski definition) is 5. The van der Waals surface area contributed by atoms with Crippen LogP contribution < -0.4 is 14.8 Å². The van der Waals surface area contributed by atoms with E-state index in [0.29, 0.717) is 35.1 Å². The minimum Gasteiger partial charge on any atom is -0.494 e. The molecule has 0 saturated heterocycles. The van der Waals surface area contributed by atoms with Gasteiger partial charge in [-0.05, 0) is 55.5 Å². The molecule has 29 heavy (non-hydrogen) atoms. The molecule has 6 heteroatoms. The second-order valence-corrected chi connectivity index (χ2v) is 6.35. The highest BCUT2D eigenvalue weighted by atomic mass is 16.5. The van der Waals surface area contributed by atoms with Crippen LogP contribution in [0.1, 0.15) is 12.6 Å². The normalized spacial score (nSPS) is 10.7. The van der Waals surface area contributed by atoms with Crippen molar-refractivity contribution in [3.05, 3.63) is 78.5 Å². The zero-order valence-electron chi connectivity index (χ0n) is 15.9. The summed E-state index contributed by atoms with van der Waals surface area (Å²) in [5.74, 6) is 1.78. The maximum atomic E-state index is 12.6. The first-order chi connectivity index (χ1) is 14.2. The number of ether oxygens (including phenoxy) is 2. The lowest BCUT2D eigenvalue weighted by molar-refractivity contribution is -0.115. The fourth-order valence-corrected chi connectivity index (χ4v) is 2.97. The van der Waals surface area contributed by atoms with Gasteiger partial charge in [0.25, 0.3) is 0 Å². The molecule has 0 atom stereocenters. The molecular formula is C23H20N2O4. The summed E-state index contributed by atoms with van der Waals surface area (Å²) in [5, 5.41) is 7.74. The van der Waals surface area contributed by atoms with Crippen molar-refractivity contribution in [1.82, 2.24) is 5.16 Å². The standard InChI is InChI=1S/C23H20N2O4/c1-2-27-16-11-13-17(14-12-16)28-22-10-6-4-8-19(22)24-23(26)15-20-18-7-3-5-9-21(18)29-25-20/h3-14H,2,15H2,1H3,(H,24,26). The fourth-order valence-electron chi connectivity index (χ4n) is 2.97. The van der Waals surface area contributed by atoms with Gasteiger partial charge in [0.15, 0.2) is 11.3 Å². The molecule has 0 unspecified atom stereocenters. The van der Waals surface area contributed by atoms with Crippen molar-refractivity contribution >= 4 is 22.6 Å². The summed E-state index contributed by atoms with van der Waals surface area (Å²) >= 11 is 0. The summed E-state index contributed by atoms with van der Waals surface area (Å²) in [6.07, 6.45) is 0.106. The number of amides is 1. The van der Waals surface area contributed by atoms with Crippen LogP contribution in [-0.2, 0) is 11.2 Å². The van der Waals surface area contributed by atoms with Gasteiger partial charge in [-0.3, -0.25) is 4.79 Å². The van der Waals surface area contributed by atoms with E-state index >= 15 is 0 Å². The quantitative estimate of drug-likeness (QED) is 0.471. The molecule has 0 spiro atoms. The highest BCUT2D eigenvalue weighted by Crippen LogP contribution is 2.30. The lowest BCUT2D eigenvalue weighted by Gasteiger charge is -2.12. The number of carbonyl (C=O) groups excluding carboxylic acids is 1. The Morgan fingerprint density at radius 3 is 2.52 bits per heavy atom. The maximum Gasteiger partial charge on any atom is 0.230 e. The van der Waals surface area contributed by atoms with Crippen LogP contribution in [0.3, 0.4) is 0 Å². The maximum absolute atomic E-state index is 12.6. The third-order valence-corrected chi connectivity index (χ3v) is 4.30. The molecule has 1 N–H and O–H groups in total. The van der Waals surface area contributed by atoms with Crippen LogP contribution in [-0.4, -0.2) is 17.7 Å². The minimum absolute atomic E-state index is 0.106. The van der Waals surface area contributed by atoms with Crippen LogP contribution in [0, 0.1) is 0 Å². The summed E-state index contributed by atoms with van der Waals surface area (Å²) in [6, 6.07) is 22.1. The number of nitrogens with one attached hydrogen (secondary N) is 1. The highest BCUT2D eigenvalue weighted by Gasteiger charge is 2.14. The molecule has 4 aromatic rings. The smallest absolute Gasteiger partial charge is 0.230 e. The molecule has 1 amide bonds. The van der Waals surface area contributed by atoms with Crippen molar-refractivity contribution in [2.24, 2.45) is 0 Å². The number of anilines is 1. The third kappa shape index (κ3) is 4.38. The van der Waals surface area contributed by atoms with Gasteiger partial charge in [0, 0.05) is 5.39 Å². The largest absolute Gasteiger partial charge is 0.494 e. The van der Waals surface area contributed by atoms with Gasteiger partial charge in [-0.15, -0.1) is 0 Å². The number of para-hydroxylation sites is 3. The van der Waals surface area contributed by atoms with Crippen molar-refractivity contribution in [1.29, 1.82) is 0 Å². The molecule has 6 nitrogen and oxygen atoms in total. The van der Waals surface area contributed by atoms with Crippen LogP contribution in [0.2, 0.25) is 0 Å². The molecule has 0 bridgehead atoms. The monoisotopic (exact) mass is 388 g/mol. The van der Waals surface area contributed by atoms with Gasteiger partial charge in [0.1, 0.15) is 17.2 Å². The number of benzene rings is 3. The topological polar surface area (TPSA) is 73.6 Å². The summed E-state index contributed by atoms with van der Waals surface area (Å²) in [7, 11) is 0. The molecular weight excluding hydrogens is 368 g/mol. The van der Waals surface area contributed by atoms with Crippen LogP contribution in [0.4, 0.5) is 5.69 Å². The lowest BCUT2D eigenvalue weighted by atomic mass is 10.1. The van der Waals surface area contributed by atoms with E-state index in [9.17, 15) is 4.79 Å². The number of carbonyl (C=O) groups is 1. The summed E-state index contributed by atoms with van der Waals surface area (Å²) < 4.78 is 16.7. The highest BCUT2D eigenvalue weighted by molar-refractivity contribution is 5.95. The first-order valence-electron chi connectivity index (χ1n) is 9.36. The van der Waals surface area contributed by atoms with E-state index in [1.165, 1.54) is 0 Å². The van der Waals surface area contributed by atoms with Gasteiger partial charge in [0.05, 0.1) is 18.7 Å². The van der Waals surface area contributed by atoms with Gasteiger partial charge < -0.3 is 19.3 Å². The lowest BCUT2D eigenvalue weighted by Crippen LogP contribution is -2.15. The Morgan fingerprint density at radius 2 is 1.69 bits per heavy atom. The van der Waals surface area contributed by atoms with Crippen LogP contribution in [0.15, 0.2) is 77.3 Å². The predicted octanol–water partition coefficient (Wildman–Crippen LogP) is 5.20. The number of fused-ring (bicyclic) bond motifs is 1. The van der Waals surface area contributed by atoms with E-state index in [-0.39, 0.29) is 12.3 Å². The molecule has 0 aliphatic carbocycles. The summed E-state index contributed by atoms with van der Waals surface area (Å²) in [6.45, 7) is 2.54. The Labute approximate surface area is 168 Å². The number of hydrogen-bond donors (Lipinski definition) is 1. The molecule has 0 aliphatic rings. The first-order valence-corrected chi connectivity index (χ1v) is 9.36. The van der Waals surface area contributed by atoms with Crippen LogP contribution in [0.25, 0.3) is 11.0 Å². The SMILES string of the molecule is CCOc1ccc(Oc2ccccc2NC(=O)Cc2noc3ccccc23)cc1.